The van der Waals surface area contributed by atoms with Gasteiger partial charge in [0.25, 0.3) is 0 Å². The fraction of sp³-hybridized carbons (Fsp3) is 0.286. The van der Waals surface area contributed by atoms with Crippen LogP contribution in [0.1, 0.15) is 25.1 Å². The van der Waals surface area contributed by atoms with Crippen LogP contribution in [0.15, 0.2) is 30.6 Å². The number of hydrogen-bond donors (Lipinski definition) is 1. The minimum absolute atomic E-state index is 0.0572. The van der Waals surface area contributed by atoms with Crippen LogP contribution >= 0.6 is 0 Å². The molecule has 0 spiro atoms. The fourth-order valence-electron chi connectivity index (χ4n) is 1.57. The SMILES string of the molecule is CC(C)Oc1ncccc1CNc1nccc(C#N)n1. The molecule has 20 heavy (non-hydrogen) atoms. The molecule has 0 saturated heterocycles. The standard InChI is InChI=1S/C14H15N5O/c1-10(2)20-13-11(4-3-6-16-13)9-18-14-17-7-5-12(8-15)19-14/h3-7,10H,9H2,1-2H3,(H,17,18,19). The van der Waals surface area contributed by atoms with E-state index in [0.29, 0.717) is 24.1 Å². The number of hydrogen-bond acceptors (Lipinski definition) is 6. The van der Waals surface area contributed by atoms with E-state index in [-0.39, 0.29) is 6.10 Å². The first-order valence-corrected chi connectivity index (χ1v) is 6.26. The second-order valence-corrected chi connectivity index (χ2v) is 4.37. The monoisotopic (exact) mass is 269 g/mol. The molecule has 1 N–H and O–H groups in total. The van der Waals surface area contributed by atoms with Gasteiger partial charge >= 0.3 is 0 Å². The van der Waals surface area contributed by atoms with E-state index in [4.69, 9.17) is 10.00 Å². The van der Waals surface area contributed by atoms with Gasteiger partial charge in [-0.1, -0.05) is 6.07 Å². The quantitative estimate of drug-likeness (QED) is 0.895. The third-order valence-corrected chi connectivity index (χ3v) is 2.40. The average molecular weight is 269 g/mol. The molecule has 0 unspecified atom stereocenters. The van der Waals surface area contributed by atoms with Crippen LogP contribution in [-0.4, -0.2) is 21.1 Å². The zero-order valence-corrected chi connectivity index (χ0v) is 11.4. The van der Waals surface area contributed by atoms with E-state index in [2.05, 4.69) is 20.3 Å². The van der Waals surface area contributed by atoms with E-state index in [0.717, 1.165) is 5.56 Å². The molecule has 0 amide bonds. The number of nitriles is 1. The van der Waals surface area contributed by atoms with Crippen molar-refractivity contribution >= 4 is 5.95 Å². The van der Waals surface area contributed by atoms with Crippen molar-refractivity contribution in [3.63, 3.8) is 0 Å². The molecule has 2 aromatic rings. The molecule has 0 aliphatic heterocycles. The molecule has 6 heteroatoms. The Hall–Kier alpha value is -2.68. The number of rotatable bonds is 5. The molecule has 102 valence electrons. The number of nitrogens with zero attached hydrogens (tertiary/aromatic N) is 4. The predicted octanol–water partition coefficient (Wildman–Crippen LogP) is 2.14. The molecule has 0 aliphatic carbocycles. The number of nitrogens with one attached hydrogen (secondary N) is 1. The molecule has 2 aromatic heterocycles. The maximum Gasteiger partial charge on any atom is 0.224 e. The van der Waals surface area contributed by atoms with E-state index in [1.807, 2.05) is 32.0 Å². The van der Waals surface area contributed by atoms with Gasteiger partial charge in [-0.15, -0.1) is 0 Å². The molecule has 0 radical (unpaired) electrons. The molecule has 0 fully saturated rings. The van der Waals surface area contributed by atoms with Crippen molar-refractivity contribution in [2.24, 2.45) is 0 Å². The normalized spacial score (nSPS) is 10.1. The predicted molar refractivity (Wildman–Crippen MR) is 74.1 cm³/mol. The van der Waals surface area contributed by atoms with Gasteiger partial charge in [0, 0.05) is 24.5 Å². The lowest BCUT2D eigenvalue weighted by Gasteiger charge is -2.13. The zero-order valence-electron chi connectivity index (χ0n) is 11.4. The lowest BCUT2D eigenvalue weighted by molar-refractivity contribution is 0.230. The van der Waals surface area contributed by atoms with E-state index in [1.165, 1.54) is 0 Å². The summed E-state index contributed by atoms with van der Waals surface area (Å²) < 4.78 is 5.63. The highest BCUT2D eigenvalue weighted by Crippen LogP contribution is 2.16. The Balaban J connectivity index is 2.09. The van der Waals surface area contributed by atoms with Crippen molar-refractivity contribution in [2.75, 3.05) is 5.32 Å². The molecule has 2 rings (SSSR count). The average Bonchev–Trinajstić information content (AvgIpc) is 2.46. The summed E-state index contributed by atoms with van der Waals surface area (Å²) in [5, 5.41) is 11.8. The Bertz CT molecular complexity index is 621. The molecule has 0 aromatic carbocycles. The Kier molecular flexibility index (Phi) is 4.45. The molecule has 6 nitrogen and oxygen atoms in total. The number of ether oxygens (including phenoxy) is 1. The number of anilines is 1. The van der Waals surface area contributed by atoms with Crippen LogP contribution in [0.5, 0.6) is 5.88 Å². The van der Waals surface area contributed by atoms with Crippen LogP contribution in [0.4, 0.5) is 5.95 Å². The summed E-state index contributed by atoms with van der Waals surface area (Å²) in [6.45, 7) is 4.38. The van der Waals surface area contributed by atoms with Crippen molar-refractivity contribution in [3.8, 4) is 11.9 Å². The van der Waals surface area contributed by atoms with Crippen LogP contribution < -0.4 is 10.1 Å². The third kappa shape index (κ3) is 3.65. The maximum atomic E-state index is 8.79. The molecule has 2 heterocycles. The molecule has 0 aliphatic rings. The third-order valence-electron chi connectivity index (χ3n) is 2.40. The smallest absolute Gasteiger partial charge is 0.224 e. The van der Waals surface area contributed by atoms with Gasteiger partial charge in [0.1, 0.15) is 11.8 Å². The van der Waals surface area contributed by atoms with Crippen LogP contribution in [0.3, 0.4) is 0 Å². The summed E-state index contributed by atoms with van der Waals surface area (Å²) in [6.07, 6.45) is 3.29. The van der Waals surface area contributed by atoms with E-state index >= 15 is 0 Å². The Morgan fingerprint density at radius 2 is 2.15 bits per heavy atom. The van der Waals surface area contributed by atoms with E-state index < -0.39 is 0 Å². The number of pyridine rings is 1. The topological polar surface area (TPSA) is 83.7 Å². The first kappa shape index (κ1) is 13.7. The van der Waals surface area contributed by atoms with E-state index in [9.17, 15) is 0 Å². The number of aromatic nitrogens is 3. The Morgan fingerprint density at radius 3 is 2.90 bits per heavy atom. The zero-order chi connectivity index (χ0) is 14.4. The van der Waals surface area contributed by atoms with Crippen molar-refractivity contribution < 1.29 is 4.74 Å². The van der Waals surface area contributed by atoms with Gasteiger partial charge in [0.2, 0.25) is 11.8 Å². The Morgan fingerprint density at radius 1 is 1.30 bits per heavy atom. The highest BCUT2D eigenvalue weighted by molar-refractivity contribution is 5.34. The van der Waals surface area contributed by atoms with Crippen LogP contribution in [0.2, 0.25) is 0 Å². The summed E-state index contributed by atoms with van der Waals surface area (Å²) in [6, 6.07) is 7.30. The molecule has 0 atom stereocenters. The fourth-order valence-corrected chi connectivity index (χ4v) is 1.57. The molecule has 0 saturated carbocycles. The molecule has 0 bridgehead atoms. The van der Waals surface area contributed by atoms with E-state index in [1.54, 1.807) is 18.5 Å². The van der Waals surface area contributed by atoms with Crippen LogP contribution in [0, 0.1) is 11.3 Å². The highest BCUT2D eigenvalue weighted by Gasteiger charge is 2.07. The van der Waals surface area contributed by atoms with Crippen molar-refractivity contribution in [1.82, 2.24) is 15.0 Å². The summed E-state index contributed by atoms with van der Waals surface area (Å²) >= 11 is 0. The largest absolute Gasteiger partial charge is 0.475 e. The maximum absolute atomic E-state index is 8.79. The van der Waals surface area contributed by atoms with Gasteiger partial charge in [0.15, 0.2) is 0 Å². The second kappa shape index (κ2) is 6.48. The van der Waals surface area contributed by atoms with Gasteiger partial charge in [-0.3, -0.25) is 0 Å². The van der Waals surface area contributed by atoms with Gasteiger partial charge in [-0.25, -0.2) is 15.0 Å². The lowest BCUT2D eigenvalue weighted by atomic mass is 10.2. The summed E-state index contributed by atoms with van der Waals surface area (Å²) in [5.74, 6) is 0.995. The second-order valence-electron chi connectivity index (χ2n) is 4.37. The summed E-state index contributed by atoms with van der Waals surface area (Å²) in [5.41, 5.74) is 1.24. The van der Waals surface area contributed by atoms with Crippen LogP contribution in [-0.2, 0) is 6.54 Å². The first-order chi connectivity index (χ1) is 9.69. The van der Waals surface area contributed by atoms with Gasteiger partial charge in [-0.2, -0.15) is 5.26 Å². The first-order valence-electron chi connectivity index (χ1n) is 6.26. The highest BCUT2D eigenvalue weighted by atomic mass is 16.5. The Labute approximate surface area is 117 Å². The van der Waals surface area contributed by atoms with Gasteiger partial charge in [0.05, 0.1) is 6.10 Å². The molecular weight excluding hydrogens is 254 g/mol. The van der Waals surface area contributed by atoms with Crippen molar-refractivity contribution in [3.05, 3.63) is 41.9 Å². The summed E-state index contributed by atoms with van der Waals surface area (Å²) in [4.78, 5) is 12.3. The minimum atomic E-state index is 0.0572. The molecular formula is C14H15N5O. The van der Waals surface area contributed by atoms with Gasteiger partial charge in [-0.05, 0) is 26.0 Å². The van der Waals surface area contributed by atoms with Crippen molar-refractivity contribution in [2.45, 2.75) is 26.5 Å². The van der Waals surface area contributed by atoms with Crippen LogP contribution in [0.25, 0.3) is 0 Å². The minimum Gasteiger partial charge on any atom is -0.475 e. The lowest BCUT2D eigenvalue weighted by Crippen LogP contribution is -2.11. The summed E-state index contributed by atoms with van der Waals surface area (Å²) in [7, 11) is 0. The van der Waals surface area contributed by atoms with Crippen molar-refractivity contribution in [1.29, 1.82) is 5.26 Å². The van der Waals surface area contributed by atoms with Gasteiger partial charge < -0.3 is 10.1 Å².